The van der Waals surface area contributed by atoms with E-state index in [0.29, 0.717) is 12.5 Å². The number of aliphatic hydroxyl groups excluding tert-OH is 1. The average molecular weight is 393 g/mol. The van der Waals surface area contributed by atoms with Gasteiger partial charge < -0.3 is 9.67 Å². The first-order chi connectivity index (χ1) is 14.0. The van der Waals surface area contributed by atoms with E-state index in [1.54, 1.807) is 11.3 Å². The molecule has 1 aromatic carbocycles. The van der Waals surface area contributed by atoms with Gasteiger partial charge in [0.05, 0.1) is 0 Å². The minimum atomic E-state index is -0.0738. The molecule has 1 unspecified atom stereocenters. The van der Waals surface area contributed by atoms with E-state index in [0.717, 1.165) is 25.3 Å². The number of carbonyl (C=O) groups is 1. The molecule has 3 atom stereocenters. The normalized spacial score (nSPS) is 25.0. The highest BCUT2D eigenvalue weighted by molar-refractivity contribution is 6.00. The zero-order valence-corrected chi connectivity index (χ0v) is 17.8. The lowest BCUT2D eigenvalue weighted by molar-refractivity contribution is -0.123. The Morgan fingerprint density at radius 2 is 2.07 bits per heavy atom. The maximum atomic E-state index is 13.0. The number of benzene rings is 1. The van der Waals surface area contributed by atoms with E-state index in [1.807, 2.05) is 6.92 Å². The van der Waals surface area contributed by atoms with Crippen molar-refractivity contribution in [2.24, 2.45) is 18.9 Å². The van der Waals surface area contributed by atoms with Crippen molar-refractivity contribution < 1.29 is 9.90 Å². The van der Waals surface area contributed by atoms with Crippen LogP contribution in [0.5, 0.6) is 0 Å². The van der Waals surface area contributed by atoms with E-state index in [-0.39, 0.29) is 24.2 Å². The van der Waals surface area contributed by atoms with E-state index in [2.05, 4.69) is 47.8 Å². The molecule has 2 aliphatic carbocycles. The second kappa shape index (κ2) is 7.10. The number of hydrogen-bond donors (Lipinski definition) is 1. The van der Waals surface area contributed by atoms with Crippen molar-refractivity contribution >= 4 is 22.3 Å². The monoisotopic (exact) mass is 392 g/mol. The lowest BCUT2D eigenvalue weighted by Gasteiger charge is -2.40. The summed E-state index contributed by atoms with van der Waals surface area (Å²) in [5, 5.41) is 10.9. The van der Waals surface area contributed by atoms with Crippen molar-refractivity contribution in [1.82, 2.24) is 9.47 Å². The molecule has 5 rings (SSSR count). The highest BCUT2D eigenvalue weighted by atomic mass is 16.3. The Morgan fingerprint density at radius 1 is 1.28 bits per heavy atom. The van der Waals surface area contributed by atoms with Crippen molar-refractivity contribution in [3.05, 3.63) is 41.1 Å². The van der Waals surface area contributed by atoms with Crippen LogP contribution in [0.1, 0.15) is 55.3 Å². The van der Waals surface area contributed by atoms with Gasteiger partial charge in [0.1, 0.15) is 5.78 Å². The lowest BCUT2D eigenvalue weighted by atomic mass is 9.77. The van der Waals surface area contributed by atoms with Gasteiger partial charge in [-0.1, -0.05) is 31.6 Å². The van der Waals surface area contributed by atoms with Gasteiger partial charge in [-0.25, -0.2) is 0 Å². The summed E-state index contributed by atoms with van der Waals surface area (Å²) in [4.78, 5) is 15.4. The highest BCUT2D eigenvalue weighted by Gasteiger charge is 2.39. The molecule has 29 heavy (non-hydrogen) atoms. The first-order valence-electron chi connectivity index (χ1n) is 11.2. The van der Waals surface area contributed by atoms with Crippen molar-refractivity contribution in [1.29, 1.82) is 0 Å². The van der Waals surface area contributed by atoms with Gasteiger partial charge in [0.15, 0.2) is 0 Å². The second-order valence-corrected chi connectivity index (χ2v) is 9.41. The topological polar surface area (TPSA) is 45.5 Å². The molecule has 0 saturated heterocycles. The number of nitrogens with zero attached hydrogens (tertiary/aromatic N) is 2. The van der Waals surface area contributed by atoms with Crippen LogP contribution < -0.4 is 0 Å². The number of aryl methyl sites for hydroxylation is 1. The summed E-state index contributed by atoms with van der Waals surface area (Å²) >= 11 is 0. The predicted octanol–water partition coefficient (Wildman–Crippen LogP) is 3.90. The molecule has 0 amide bonds. The minimum Gasteiger partial charge on any atom is -0.396 e. The van der Waals surface area contributed by atoms with Gasteiger partial charge >= 0.3 is 0 Å². The van der Waals surface area contributed by atoms with E-state index in [9.17, 15) is 9.90 Å². The molecule has 1 saturated carbocycles. The molecule has 3 aliphatic rings. The molecule has 2 heterocycles. The first-order valence-corrected chi connectivity index (χ1v) is 11.2. The second-order valence-electron chi connectivity index (χ2n) is 9.41. The summed E-state index contributed by atoms with van der Waals surface area (Å²) in [6.45, 7) is 2.93. The number of carbonyl (C=O) groups excluding carboxylic acids is 1. The average Bonchev–Trinajstić information content (AvgIpc) is 3.52. The fourth-order valence-electron chi connectivity index (χ4n) is 5.67. The molecule has 0 spiro atoms. The smallest absolute Gasteiger partial charge is 0.141 e. The standard InChI is InChI=1S/C25H32N2O2/c1-4-15(14-28)10-23(29)17-11-19-18-6-5-7-21-24(18)20(12-22(19)26(2)13-17)25(27(21)3)16-8-9-16/h5-7,11,15-17,22,28H,4,8-10,12-14H2,1-3H3/t15?,17-,22-/m1/s1. The van der Waals surface area contributed by atoms with Gasteiger partial charge in [0.2, 0.25) is 0 Å². The Hall–Kier alpha value is -1.91. The number of rotatable bonds is 6. The van der Waals surface area contributed by atoms with E-state index < -0.39 is 0 Å². The largest absolute Gasteiger partial charge is 0.396 e. The Bertz CT molecular complexity index is 994. The number of Topliss-reactive ketones (excluding diaryl/α,β-unsaturated/α-hetero) is 1. The summed E-state index contributed by atoms with van der Waals surface area (Å²) < 4.78 is 2.43. The third-order valence-electron chi connectivity index (χ3n) is 7.54. The number of likely N-dealkylation sites (N-methyl/N-ethyl adjacent to an activating group) is 1. The Labute approximate surface area is 173 Å². The third-order valence-corrected chi connectivity index (χ3v) is 7.54. The fourth-order valence-corrected chi connectivity index (χ4v) is 5.67. The van der Waals surface area contributed by atoms with Gasteiger partial charge in [-0.2, -0.15) is 0 Å². The lowest BCUT2D eigenvalue weighted by Crippen LogP contribution is -2.44. The Balaban J connectivity index is 1.58. The van der Waals surface area contributed by atoms with Crippen molar-refractivity contribution in [2.75, 3.05) is 20.2 Å². The molecule has 1 aliphatic heterocycles. The number of aromatic nitrogens is 1. The van der Waals surface area contributed by atoms with Gasteiger partial charge in [-0.05, 0) is 60.9 Å². The van der Waals surface area contributed by atoms with Crippen LogP contribution in [0.15, 0.2) is 24.3 Å². The molecular weight excluding hydrogens is 360 g/mol. The van der Waals surface area contributed by atoms with Crippen LogP contribution in [0.4, 0.5) is 0 Å². The summed E-state index contributed by atoms with van der Waals surface area (Å²) in [5.41, 5.74) is 7.09. The van der Waals surface area contributed by atoms with E-state index >= 15 is 0 Å². The fraction of sp³-hybridized carbons (Fsp3) is 0.560. The van der Waals surface area contributed by atoms with Crippen LogP contribution in [-0.2, 0) is 18.3 Å². The maximum Gasteiger partial charge on any atom is 0.141 e. The van der Waals surface area contributed by atoms with Crippen LogP contribution in [0.25, 0.3) is 16.5 Å². The van der Waals surface area contributed by atoms with Gasteiger partial charge in [0, 0.05) is 55.2 Å². The van der Waals surface area contributed by atoms with Gasteiger partial charge in [0.25, 0.3) is 0 Å². The van der Waals surface area contributed by atoms with Crippen molar-refractivity contribution in [2.45, 2.75) is 51.0 Å². The van der Waals surface area contributed by atoms with Crippen LogP contribution >= 0.6 is 0 Å². The van der Waals surface area contributed by atoms with Crippen molar-refractivity contribution in [3.63, 3.8) is 0 Å². The van der Waals surface area contributed by atoms with Crippen molar-refractivity contribution in [3.8, 4) is 0 Å². The summed E-state index contributed by atoms with van der Waals surface area (Å²) in [6, 6.07) is 7.03. The summed E-state index contributed by atoms with van der Waals surface area (Å²) in [5.74, 6) is 1.01. The molecule has 4 heteroatoms. The quantitative estimate of drug-likeness (QED) is 0.811. The molecule has 1 aromatic heterocycles. The molecule has 154 valence electrons. The zero-order valence-electron chi connectivity index (χ0n) is 17.8. The molecule has 0 bridgehead atoms. The molecule has 1 fully saturated rings. The molecule has 1 N–H and O–H groups in total. The number of hydrogen-bond acceptors (Lipinski definition) is 3. The number of fused-ring (bicyclic) bond motifs is 2. The molecule has 2 aromatic rings. The van der Waals surface area contributed by atoms with Crippen LogP contribution in [0.3, 0.4) is 0 Å². The predicted molar refractivity (Wildman–Crippen MR) is 117 cm³/mol. The van der Waals surface area contributed by atoms with Crippen LogP contribution in [0, 0.1) is 11.8 Å². The molecular formula is C25H32N2O2. The first kappa shape index (κ1) is 19.1. The van der Waals surface area contributed by atoms with E-state index in [4.69, 9.17) is 0 Å². The van der Waals surface area contributed by atoms with Gasteiger partial charge in [-0.3, -0.25) is 9.69 Å². The SMILES string of the molecule is CCC(CO)CC(=O)[C@@H]1C=C2c3cccc4c3c(c(C3CC3)n4C)C[C@H]2N(C)C1. The Morgan fingerprint density at radius 3 is 2.76 bits per heavy atom. The zero-order chi connectivity index (χ0) is 20.3. The highest BCUT2D eigenvalue weighted by Crippen LogP contribution is 2.49. The Kier molecular flexibility index (Phi) is 4.67. The third kappa shape index (κ3) is 3.00. The molecule has 0 radical (unpaired) electrons. The minimum absolute atomic E-state index is 0.0738. The maximum absolute atomic E-state index is 13.0. The van der Waals surface area contributed by atoms with Gasteiger partial charge in [-0.15, -0.1) is 0 Å². The number of ketones is 1. The number of aliphatic hydroxyl groups is 1. The molecule has 4 nitrogen and oxygen atoms in total. The summed E-state index contributed by atoms with van der Waals surface area (Å²) in [7, 11) is 4.40. The van der Waals surface area contributed by atoms with E-state index in [1.165, 1.54) is 34.9 Å². The summed E-state index contributed by atoms with van der Waals surface area (Å²) in [6.07, 6.45) is 7.27. The van der Waals surface area contributed by atoms with Crippen LogP contribution in [0.2, 0.25) is 0 Å². The van der Waals surface area contributed by atoms with Crippen LogP contribution in [-0.4, -0.2) is 46.6 Å².